The summed E-state index contributed by atoms with van der Waals surface area (Å²) in [4.78, 5) is 4.49. The van der Waals surface area contributed by atoms with Gasteiger partial charge in [-0.2, -0.15) is 0 Å². The molecule has 5 nitrogen and oxygen atoms in total. The molecule has 118 valence electrons. The van der Waals surface area contributed by atoms with Gasteiger partial charge in [-0.3, -0.25) is 0 Å². The van der Waals surface area contributed by atoms with Gasteiger partial charge >= 0.3 is 0 Å². The Kier molecular flexibility index (Phi) is 5.74. The van der Waals surface area contributed by atoms with Crippen LogP contribution in [0.5, 0.6) is 0 Å². The summed E-state index contributed by atoms with van der Waals surface area (Å²) in [5.74, 6) is 0.439. The van der Waals surface area contributed by atoms with Crippen molar-refractivity contribution in [3.63, 3.8) is 0 Å². The Hall–Kier alpha value is -1.66. The number of nitrogens with zero attached hydrogens (tertiary/aromatic N) is 3. The summed E-state index contributed by atoms with van der Waals surface area (Å²) in [6.07, 6.45) is 4.76. The molecule has 0 saturated heterocycles. The van der Waals surface area contributed by atoms with Gasteiger partial charge in [-0.1, -0.05) is 48.4 Å². The number of nitrogens with one attached hydrogen (secondary N) is 1. The standard InChI is InChI=1S/C15H19N5S.ClH/c1-10-6-2-5-9-12(10)13-19-20-15(21-13)18-14(16)17-11-7-3-4-8-11;/h2,5-6,9,11H,3-4,7-8H2,1H3,(H3,16,17,18,20);1H. The van der Waals surface area contributed by atoms with Crippen LogP contribution in [0.1, 0.15) is 31.2 Å². The number of aromatic nitrogens is 2. The second-order valence-electron chi connectivity index (χ2n) is 5.30. The van der Waals surface area contributed by atoms with Crippen molar-refractivity contribution in [2.75, 3.05) is 5.32 Å². The van der Waals surface area contributed by atoms with E-state index in [9.17, 15) is 0 Å². The SMILES string of the molecule is Cc1ccccc1-c1nnc(NC(N)=NC2CCCC2)s1.Cl. The third-order valence-electron chi connectivity index (χ3n) is 3.68. The maximum absolute atomic E-state index is 5.94. The first-order chi connectivity index (χ1) is 10.2. The molecule has 0 unspecified atom stereocenters. The number of anilines is 1. The van der Waals surface area contributed by atoms with Gasteiger partial charge in [0.2, 0.25) is 5.13 Å². The molecule has 1 aromatic heterocycles. The van der Waals surface area contributed by atoms with E-state index in [-0.39, 0.29) is 12.4 Å². The second-order valence-corrected chi connectivity index (χ2v) is 6.28. The van der Waals surface area contributed by atoms with Crippen molar-refractivity contribution in [1.82, 2.24) is 10.2 Å². The lowest BCUT2D eigenvalue weighted by atomic mass is 10.1. The predicted molar refractivity (Wildman–Crippen MR) is 94.8 cm³/mol. The first-order valence-corrected chi connectivity index (χ1v) is 8.04. The smallest absolute Gasteiger partial charge is 0.212 e. The van der Waals surface area contributed by atoms with E-state index in [1.165, 1.54) is 29.7 Å². The van der Waals surface area contributed by atoms with E-state index in [4.69, 9.17) is 5.73 Å². The number of benzene rings is 1. The second kappa shape index (κ2) is 7.56. The number of aryl methyl sites for hydroxylation is 1. The van der Waals surface area contributed by atoms with Crippen LogP contribution in [-0.4, -0.2) is 22.2 Å². The molecule has 2 aromatic rings. The van der Waals surface area contributed by atoms with Gasteiger partial charge in [0.05, 0.1) is 6.04 Å². The monoisotopic (exact) mass is 337 g/mol. The van der Waals surface area contributed by atoms with Crippen LogP contribution >= 0.6 is 23.7 Å². The quantitative estimate of drug-likeness (QED) is 0.662. The largest absolute Gasteiger partial charge is 0.370 e. The fourth-order valence-corrected chi connectivity index (χ4v) is 3.41. The molecule has 1 heterocycles. The van der Waals surface area contributed by atoms with Gasteiger partial charge in [-0.15, -0.1) is 22.6 Å². The number of aliphatic imine (C=N–C) groups is 1. The molecule has 0 spiro atoms. The number of hydrogen-bond donors (Lipinski definition) is 2. The van der Waals surface area contributed by atoms with Crippen molar-refractivity contribution in [3.05, 3.63) is 29.8 Å². The van der Waals surface area contributed by atoms with Crippen molar-refractivity contribution in [3.8, 4) is 10.6 Å². The summed E-state index contributed by atoms with van der Waals surface area (Å²) in [5, 5.41) is 13.0. The van der Waals surface area contributed by atoms with E-state index >= 15 is 0 Å². The molecule has 0 atom stereocenters. The van der Waals surface area contributed by atoms with E-state index in [1.807, 2.05) is 12.1 Å². The van der Waals surface area contributed by atoms with Gasteiger partial charge in [-0.05, 0) is 25.3 Å². The lowest BCUT2D eigenvalue weighted by molar-refractivity contribution is 0.705. The first-order valence-electron chi connectivity index (χ1n) is 7.22. The van der Waals surface area contributed by atoms with Crippen LogP contribution < -0.4 is 11.1 Å². The fourth-order valence-electron chi connectivity index (χ4n) is 2.57. The predicted octanol–water partition coefficient (Wildman–Crippen LogP) is 3.60. The molecule has 3 N–H and O–H groups in total. The van der Waals surface area contributed by atoms with Crippen molar-refractivity contribution in [2.24, 2.45) is 10.7 Å². The zero-order valence-electron chi connectivity index (χ0n) is 12.5. The molecule has 1 saturated carbocycles. The molecule has 1 aliphatic carbocycles. The minimum absolute atomic E-state index is 0. The average molecular weight is 338 g/mol. The van der Waals surface area contributed by atoms with Crippen LogP contribution in [0.25, 0.3) is 10.6 Å². The summed E-state index contributed by atoms with van der Waals surface area (Å²) in [5.41, 5.74) is 8.23. The van der Waals surface area contributed by atoms with E-state index in [1.54, 1.807) is 0 Å². The third kappa shape index (κ3) is 3.96. The summed E-state index contributed by atoms with van der Waals surface area (Å²) in [6, 6.07) is 8.51. The number of halogens is 1. The fraction of sp³-hybridized carbons (Fsp3) is 0.400. The highest BCUT2D eigenvalue weighted by Gasteiger charge is 2.15. The molecule has 1 fully saturated rings. The van der Waals surface area contributed by atoms with Crippen LogP contribution in [0.3, 0.4) is 0 Å². The highest BCUT2D eigenvalue weighted by atomic mass is 35.5. The number of nitrogens with two attached hydrogens (primary N) is 1. The molecule has 3 rings (SSSR count). The van der Waals surface area contributed by atoms with Crippen LogP contribution in [0.4, 0.5) is 5.13 Å². The summed E-state index contributed by atoms with van der Waals surface area (Å²) in [6.45, 7) is 2.07. The molecule has 0 amide bonds. The Morgan fingerprint density at radius 1 is 1.27 bits per heavy atom. The molecule has 7 heteroatoms. The van der Waals surface area contributed by atoms with Gasteiger partial charge in [0.25, 0.3) is 0 Å². The van der Waals surface area contributed by atoms with Gasteiger partial charge in [0.1, 0.15) is 5.01 Å². The maximum atomic E-state index is 5.94. The number of rotatable bonds is 3. The number of guanidine groups is 1. The Labute approximate surface area is 140 Å². The van der Waals surface area contributed by atoms with Gasteiger partial charge in [0, 0.05) is 5.56 Å². The molecule has 0 bridgehead atoms. The van der Waals surface area contributed by atoms with Gasteiger partial charge in [0.15, 0.2) is 5.96 Å². The third-order valence-corrected chi connectivity index (χ3v) is 4.55. The highest BCUT2D eigenvalue weighted by Crippen LogP contribution is 2.28. The van der Waals surface area contributed by atoms with E-state index < -0.39 is 0 Å². The van der Waals surface area contributed by atoms with Crippen LogP contribution in [0.2, 0.25) is 0 Å². The molecule has 0 radical (unpaired) electrons. The van der Waals surface area contributed by atoms with Crippen LogP contribution in [0, 0.1) is 6.92 Å². The molecule has 0 aliphatic heterocycles. The Morgan fingerprint density at radius 3 is 2.73 bits per heavy atom. The summed E-state index contributed by atoms with van der Waals surface area (Å²) >= 11 is 1.49. The highest BCUT2D eigenvalue weighted by molar-refractivity contribution is 7.18. The van der Waals surface area contributed by atoms with E-state index in [0.29, 0.717) is 17.1 Å². The minimum Gasteiger partial charge on any atom is -0.370 e. The summed E-state index contributed by atoms with van der Waals surface area (Å²) < 4.78 is 0. The zero-order chi connectivity index (χ0) is 14.7. The maximum Gasteiger partial charge on any atom is 0.212 e. The Balaban J connectivity index is 0.00000176. The van der Waals surface area contributed by atoms with Crippen molar-refractivity contribution >= 4 is 34.8 Å². The van der Waals surface area contributed by atoms with Crippen molar-refractivity contribution < 1.29 is 0 Å². The van der Waals surface area contributed by atoms with Crippen LogP contribution in [-0.2, 0) is 0 Å². The molecular formula is C15H20ClN5S. The Morgan fingerprint density at radius 2 is 2.00 bits per heavy atom. The van der Waals surface area contributed by atoms with Crippen molar-refractivity contribution in [2.45, 2.75) is 38.6 Å². The normalized spacial score (nSPS) is 15.6. The number of hydrogen-bond acceptors (Lipinski definition) is 4. The first kappa shape index (κ1) is 16.7. The minimum atomic E-state index is 0. The lowest BCUT2D eigenvalue weighted by Crippen LogP contribution is -2.24. The van der Waals surface area contributed by atoms with E-state index in [0.717, 1.165) is 23.4 Å². The molecule has 1 aromatic carbocycles. The summed E-state index contributed by atoms with van der Waals surface area (Å²) in [7, 11) is 0. The average Bonchev–Trinajstić information content (AvgIpc) is 3.11. The van der Waals surface area contributed by atoms with E-state index in [2.05, 4.69) is 39.6 Å². The Bertz CT molecular complexity index is 649. The lowest BCUT2D eigenvalue weighted by Gasteiger charge is -2.05. The molecule has 22 heavy (non-hydrogen) atoms. The van der Waals surface area contributed by atoms with Crippen LogP contribution in [0.15, 0.2) is 29.3 Å². The molecular weight excluding hydrogens is 318 g/mol. The molecule has 1 aliphatic rings. The van der Waals surface area contributed by atoms with Crippen molar-refractivity contribution in [1.29, 1.82) is 0 Å². The van der Waals surface area contributed by atoms with Gasteiger partial charge in [-0.25, -0.2) is 4.99 Å². The zero-order valence-corrected chi connectivity index (χ0v) is 14.1. The topological polar surface area (TPSA) is 76.2 Å². The van der Waals surface area contributed by atoms with Gasteiger partial charge < -0.3 is 11.1 Å².